The predicted molar refractivity (Wildman–Crippen MR) is 45.2 cm³/mol. The smallest absolute Gasteiger partial charge is 0.0369 e. The van der Waals surface area contributed by atoms with Gasteiger partial charge in [-0.25, -0.2) is 0 Å². The Labute approximate surface area is 62.2 Å². The third kappa shape index (κ3) is 1.83. The van der Waals surface area contributed by atoms with Gasteiger partial charge in [0.25, 0.3) is 0 Å². The maximum Gasteiger partial charge on any atom is 0.0369 e. The van der Waals surface area contributed by atoms with Crippen LogP contribution in [0.3, 0.4) is 0 Å². The molecule has 0 aromatic carbocycles. The second-order valence-electron chi connectivity index (χ2n) is 3.24. The first-order chi connectivity index (χ1) is 4.60. The van der Waals surface area contributed by atoms with Crippen LogP contribution in [0.5, 0.6) is 0 Å². The van der Waals surface area contributed by atoms with E-state index in [-0.39, 0.29) is 5.41 Å². The molecule has 0 atom stereocenters. The normalized spacial score (nSPS) is 22.1. The van der Waals surface area contributed by atoms with Crippen LogP contribution in [-0.4, -0.2) is 5.71 Å². The van der Waals surface area contributed by atoms with Crippen molar-refractivity contribution in [3.63, 3.8) is 0 Å². The highest BCUT2D eigenvalue weighted by atomic mass is 14.7. The van der Waals surface area contributed by atoms with E-state index < -0.39 is 0 Å². The van der Waals surface area contributed by atoms with Gasteiger partial charge in [-0.05, 0) is 13.0 Å². The quantitative estimate of drug-likeness (QED) is 0.484. The molecule has 10 heavy (non-hydrogen) atoms. The lowest BCUT2D eigenvalue weighted by atomic mass is 9.93. The molecule has 1 aliphatic heterocycles. The molecule has 0 aliphatic carbocycles. The van der Waals surface area contributed by atoms with Crippen LogP contribution in [-0.2, 0) is 0 Å². The highest BCUT2D eigenvalue weighted by Crippen LogP contribution is 2.20. The fourth-order valence-corrected chi connectivity index (χ4v) is 0.781. The van der Waals surface area contributed by atoms with E-state index in [2.05, 4.69) is 37.1 Å². The summed E-state index contributed by atoms with van der Waals surface area (Å²) in [4.78, 5) is 4.17. The Kier molecular flexibility index (Phi) is 1.75. The first-order valence-corrected chi connectivity index (χ1v) is 3.51. The minimum absolute atomic E-state index is 0.168. The van der Waals surface area contributed by atoms with Gasteiger partial charge in [-0.2, -0.15) is 0 Å². The monoisotopic (exact) mass is 135 g/mol. The molecule has 0 saturated carbocycles. The molecule has 0 saturated heterocycles. The van der Waals surface area contributed by atoms with Gasteiger partial charge in [-0.1, -0.05) is 26.0 Å². The summed E-state index contributed by atoms with van der Waals surface area (Å²) in [6.07, 6.45) is 8.19. The minimum atomic E-state index is 0.168. The summed E-state index contributed by atoms with van der Waals surface area (Å²) in [6.45, 7) is 6.32. The van der Waals surface area contributed by atoms with E-state index in [4.69, 9.17) is 0 Å². The van der Waals surface area contributed by atoms with Gasteiger partial charge in [0.05, 0.1) is 0 Å². The second-order valence-corrected chi connectivity index (χ2v) is 3.24. The van der Waals surface area contributed by atoms with Gasteiger partial charge in [0.2, 0.25) is 0 Å². The molecule has 1 heteroatoms. The SMILES string of the molecule is CC1=NC=CC(C)(C)C=C1. The second kappa shape index (κ2) is 2.41. The third-order valence-corrected chi connectivity index (χ3v) is 1.54. The topological polar surface area (TPSA) is 12.4 Å². The largest absolute Gasteiger partial charge is 0.262 e. The number of aliphatic imine (C=N–C) groups is 1. The van der Waals surface area contributed by atoms with E-state index in [1.807, 2.05) is 13.1 Å². The molecule has 1 nitrogen and oxygen atoms in total. The lowest BCUT2D eigenvalue weighted by molar-refractivity contribution is 0.626. The maximum absolute atomic E-state index is 4.17. The standard InChI is InChI=1S/C9H13N/c1-8-4-5-9(2,3)6-7-10-8/h4-7H,1-3H3. The van der Waals surface area contributed by atoms with E-state index in [1.54, 1.807) is 0 Å². The van der Waals surface area contributed by atoms with Gasteiger partial charge in [0, 0.05) is 17.3 Å². The van der Waals surface area contributed by atoms with Gasteiger partial charge in [0.15, 0.2) is 0 Å². The fraction of sp³-hybridized carbons (Fsp3) is 0.444. The molecule has 0 amide bonds. The van der Waals surface area contributed by atoms with Crippen molar-refractivity contribution in [2.45, 2.75) is 20.8 Å². The summed E-state index contributed by atoms with van der Waals surface area (Å²) >= 11 is 0. The zero-order valence-corrected chi connectivity index (χ0v) is 6.76. The Balaban J connectivity index is 2.88. The van der Waals surface area contributed by atoms with Crippen molar-refractivity contribution < 1.29 is 0 Å². The lowest BCUT2D eigenvalue weighted by Crippen LogP contribution is -2.00. The molecule has 1 rings (SSSR count). The summed E-state index contributed by atoms with van der Waals surface area (Å²) in [5.41, 5.74) is 1.24. The van der Waals surface area contributed by atoms with Crippen LogP contribution in [0.4, 0.5) is 0 Å². The minimum Gasteiger partial charge on any atom is -0.262 e. The summed E-state index contributed by atoms with van der Waals surface area (Å²) in [6, 6.07) is 0. The zero-order valence-electron chi connectivity index (χ0n) is 6.76. The van der Waals surface area contributed by atoms with Crippen molar-refractivity contribution in [2.24, 2.45) is 10.4 Å². The van der Waals surface area contributed by atoms with Crippen LogP contribution in [0.25, 0.3) is 0 Å². The molecule has 0 aromatic heterocycles. The van der Waals surface area contributed by atoms with Crippen molar-refractivity contribution in [3.05, 3.63) is 24.4 Å². The summed E-state index contributed by atoms with van der Waals surface area (Å²) < 4.78 is 0. The van der Waals surface area contributed by atoms with E-state index in [1.165, 1.54) is 0 Å². The molecule has 0 aromatic rings. The van der Waals surface area contributed by atoms with Crippen LogP contribution < -0.4 is 0 Å². The van der Waals surface area contributed by atoms with Crippen LogP contribution in [0.1, 0.15) is 20.8 Å². The summed E-state index contributed by atoms with van der Waals surface area (Å²) in [7, 11) is 0. The van der Waals surface area contributed by atoms with Gasteiger partial charge in [-0.15, -0.1) is 0 Å². The Morgan fingerprint density at radius 2 is 2.00 bits per heavy atom. The third-order valence-electron chi connectivity index (χ3n) is 1.54. The van der Waals surface area contributed by atoms with Crippen molar-refractivity contribution in [1.82, 2.24) is 0 Å². The maximum atomic E-state index is 4.17. The van der Waals surface area contributed by atoms with Crippen molar-refractivity contribution >= 4 is 5.71 Å². The Bertz CT molecular complexity index is 207. The zero-order chi connectivity index (χ0) is 7.61. The highest BCUT2D eigenvalue weighted by molar-refractivity contribution is 5.93. The van der Waals surface area contributed by atoms with Crippen LogP contribution in [0.15, 0.2) is 29.4 Å². The summed E-state index contributed by atoms with van der Waals surface area (Å²) in [5, 5.41) is 0. The van der Waals surface area contributed by atoms with Crippen LogP contribution in [0, 0.1) is 5.41 Å². The number of nitrogens with zero attached hydrogens (tertiary/aromatic N) is 1. The van der Waals surface area contributed by atoms with Gasteiger partial charge in [-0.3, -0.25) is 4.99 Å². The average molecular weight is 135 g/mol. The number of allylic oxidation sites excluding steroid dienone is 3. The molecule has 54 valence electrons. The summed E-state index contributed by atoms with van der Waals surface area (Å²) in [5.74, 6) is 0. The van der Waals surface area contributed by atoms with Crippen LogP contribution in [0.2, 0.25) is 0 Å². The number of hydrogen-bond donors (Lipinski definition) is 0. The van der Waals surface area contributed by atoms with Crippen LogP contribution >= 0.6 is 0 Å². The average Bonchev–Trinajstić information content (AvgIpc) is 1.94. The first-order valence-electron chi connectivity index (χ1n) is 3.51. The molecule has 1 heterocycles. The molecular formula is C9H13N. The molecule has 0 spiro atoms. The highest BCUT2D eigenvalue weighted by Gasteiger charge is 2.09. The van der Waals surface area contributed by atoms with Gasteiger partial charge in [0.1, 0.15) is 0 Å². The number of rotatable bonds is 0. The Morgan fingerprint density at radius 3 is 2.70 bits per heavy atom. The predicted octanol–water partition coefficient (Wildman–Crippen LogP) is 2.56. The number of hydrogen-bond acceptors (Lipinski definition) is 1. The Morgan fingerprint density at radius 1 is 1.30 bits per heavy atom. The molecule has 0 bridgehead atoms. The fourth-order valence-electron chi connectivity index (χ4n) is 0.781. The Hall–Kier alpha value is -0.850. The van der Waals surface area contributed by atoms with Gasteiger partial charge < -0.3 is 0 Å². The first kappa shape index (κ1) is 7.26. The molecular weight excluding hydrogens is 122 g/mol. The van der Waals surface area contributed by atoms with E-state index in [0.717, 1.165) is 5.71 Å². The molecule has 0 N–H and O–H groups in total. The van der Waals surface area contributed by atoms with Gasteiger partial charge >= 0.3 is 0 Å². The van der Waals surface area contributed by atoms with E-state index in [9.17, 15) is 0 Å². The molecule has 1 aliphatic rings. The van der Waals surface area contributed by atoms with Crippen molar-refractivity contribution in [2.75, 3.05) is 0 Å². The molecule has 0 unspecified atom stereocenters. The van der Waals surface area contributed by atoms with E-state index >= 15 is 0 Å². The molecule has 0 fully saturated rings. The molecule has 0 radical (unpaired) electrons. The van der Waals surface area contributed by atoms with Crippen molar-refractivity contribution in [3.8, 4) is 0 Å². The van der Waals surface area contributed by atoms with Crippen molar-refractivity contribution in [1.29, 1.82) is 0 Å². The lowest BCUT2D eigenvalue weighted by Gasteiger charge is -2.11. The van der Waals surface area contributed by atoms with E-state index in [0.29, 0.717) is 0 Å².